The maximum absolute atomic E-state index is 12.1. The topological polar surface area (TPSA) is 64.6 Å². The zero-order chi connectivity index (χ0) is 18.8. The van der Waals surface area contributed by atoms with Crippen LogP contribution in [0.15, 0.2) is 54.6 Å². The molecule has 136 valence electrons. The van der Waals surface area contributed by atoms with Gasteiger partial charge in [0, 0.05) is 6.42 Å². The number of carbonyl (C=O) groups is 2. The van der Waals surface area contributed by atoms with E-state index in [0.29, 0.717) is 23.6 Å². The van der Waals surface area contributed by atoms with Gasteiger partial charge in [-0.3, -0.25) is 9.59 Å². The minimum Gasteiger partial charge on any atom is -0.455 e. The van der Waals surface area contributed by atoms with Gasteiger partial charge in [0.05, 0.1) is 5.69 Å². The van der Waals surface area contributed by atoms with Gasteiger partial charge in [-0.15, -0.1) is 23.2 Å². The second-order valence-corrected chi connectivity index (χ2v) is 7.73. The van der Waals surface area contributed by atoms with E-state index in [1.165, 1.54) is 0 Å². The molecular weight excluding hydrogens is 377 g/mol. The van der Waals surface area contributed by atoms with Crippen LogP contribution in [0.3, 0.4) is 0 Å². The average Bonchev–Trinajstić information content (AvgIpc) is 3.15. The highest BCUT2D eigenvalue weighted by Gasteiger charge is 2.69. The summed E-state index contributed by atoms with van der Waals surface area (Å²) in [6.07, 6.45) is 0.303. The molecule has 1 aliphatic rings. The maximum atomic E-state index is 12.1. The predicted molar refractivity (Wildman–Crippen MR) is 99.7 cm³/mol. The van der Waals surface area contributed by atoms with Crippen LogP contribution in [-0.2, 0) is 14.3 Å². The summed E-state index contributed by atoms with van der Waals surface area (Å²) in [7, 11) is 0. The number of amides is 1. The van der Waals surface area contributed by atoms with Crippen LogP contribution in [0.4, 0.5) is 5.69 Å². The number of para-hydroxylation sites is 3. The van der Waals surface area contributed by atoms with Crippen LogP contribution in [0, 0.1) is 5.41 Å². The van der Waals surface area contributed by atoms with Crippen molar-refractivity contribution in [3.8, 4) is 11.5 Å². The fourth-order valence-electron chi connectivity index (χ4n) is 2.37. The molecule has 1 aliphatic carbocycles. The molecule has 0 aliphatic heterocycles. The van der Waals surface area contributed by atoms with Crippen LogP contribution < -0.4 is 10.1 Å². The van der Waals surface area contributed by atoms with Crippen LogP contribution in [-0.4, -0.2) is 22.8 Å². The number of esters is 1. The van der Waals surface area contributed by atoms with Crippen molar-refractivity contribution in [2.75, 3.05) is 11.9 Å². The minimum atomic E-state index is -1.13. The van der Waals surface area contributed by atoms with Gasteiger partial charge in [0.15, 0.2) is 12.4 Å². The van der Waals surface area contributed by atoms with Gasteiger partial charge in [0.2, 0.25) is 0 Å². The summed E-state index contributed by atoms with van der Waals surface area (Å²) in [5.74, 6) is 0.0452. The first kappa shape index (κ1) is 18.5. The average molecular weight is 394 g/mol. The number of carbonyl (C=O) groups excluding carboxylic acids is 2. The molecule has 0 heterocycles. The Labute approximate surface area is 161 Å². The summed E-state index contributed by atoms with van der Waals surface area (Å²) in [6.45, 7) is 1.17. The lowest BCUT2D eigenvalue weighted by atomic mass is 10.1. The first-order chi connectivity index (χ1) is 12.3. The zero-order valence-corrected chi connectivity index (χ0v) is 15.5. The van der Waals surface area contributed by atoms with Gasteiger partial charge in [0.25, 0.3) is 5.91 Å². The van der Waals surface area contributed by atoms with Crippen LogP contribution in [0.2, 0.25) is 0 Å². The third-order valence-electron chi connectivity index (χ3n) is 4.17. The van der Waals surface area contributed by atoms with Crippen molar-refractivity contribution in [3.05, 3.63) is 54.6 Å². The van der Waals surface area contributed by atoms with Gasteiger partial charge in [-0.1, -0.05) is 30.3 Å². The molecule has 1 fully saturated rings. The number of alkyl halides is 2. The summed E-state index contributed by atoms with van der Waals surface area (Å²) in [5.41, 5.74) is -0.496. The lowest BCUT2D eigenvalue weighted by Gasteiger charge is -2.14. The summed E-state index contributed by atoms with van der Waals surface area (Å²) in [5, 5.41) is 2.67. The monoisotopic (exact) mass is 393 g/mol. The van der Waals surface area contributed by atoms with Crippen molar-refractivity contribution >= 4 is 40.8 Å². The number of nitrogens with one attached hydrogen (secondary N) is 1. The lowest BCUT2D eigenvalue weighted by Crippen LogP contribution is -2.26. The van der Waals surface area contributed by atoms with E-state index in [0.717, 1.165) is 0 Å². The summed E-state index contributed by atoms with van der Waals surface area (Å²) in [6, 6.07) is 16.2. The van der Waals surface area contributed by atoms with E-state index in [1.54, 1.807) is 43.3 Å². The molecule has 26 heavy (non-hydrogen) atoms. The number of hydrogen-bond donors (Lipinski definition) is 1. The third-order valence-corrected chi connectivity index (χ3v) is 5.28. The number of anilines is 1. The van der Waals surface area contributed by atoms with Crippen LogP contribution in [0.5, 0.6) is 11.5 Å². The normalized spacial score (nSPS) is 20.1. The highest BCUT2D eigenvalue weighted by molar-refractivity contribution is 6.53. The molecule has 0 saturated heterocycles. The van der Waals surface area contributed by atoms with E-state index < -0.39 is 28.2 Å². The highest BCUT2D eigenvalue weighted by Crippen LogP contribution is 2.64. The Balaban J connectivity index is 1.59. The number of benzene rings is 2. The summed E-state index contributed by atoms with van der Waals surface area (Å²) < 4.78 is 9.68. The van der Waals surface area contributed by atoms with E-state index in [9.17, 15) is 9.59 Å². The van der Waals surface area contributed by atoms with Crippen molar-refractivity contribution < 1.29 is 19.1 Å². The van der Waals surface area contributed by atoms with Gasteiger partial charge in [-0.25, -0.2) is 0 Å². The van der Waals surface area contributed by atoms with Gasteiger partial charge in [-0.2, -0.15) is 0 Å². The molecule has 0 aromatic heterocycles. The largest absolute Gasteiger partial charge is 0.455 e. The highest BCUT2D eigenvalue weighted by atomic mass is 35.5. The zero-order valence-electron chi connectivity index (χ0n) is 14.0. The molecule has 3 rings (SSSR count). The molecule has 1 saturated carbocycles. The fraction of sp³-hybridized carbons (Fsp3) is 0.263. The molecule has 0 unspecified atom stereocenters. The van der Waals surface area contributed by atoms with E-state index in [1.807, 2.05) is 18.2 Å². The van der Waals surface area contributed by atoms with E-state index in [4.69, 9.17) is 32.7 Å². The lowest BCUT2D eigenvalue weighted by molar-refractivity contribution is -0.152. The van der Waals surface area contributed by atoms with Crippen LogP contribution in [0.25, 0.3) is 0 Å². The number of hydrogen-bond acceptors (Lipinski definition) is 4. The Hall–Kier alpha value is -2.24. The molecule has 7 heteroatoms. The van der Waals surface area contributed by atoms with Gasteiger partial charge in [0.1, 0.15) is 15.5 Å². The van der Waals surface area contributed by atoms with Crippen LogP contribution >= 0.6 is 23.2 Å². The minimum absolute atomic E-state index is 0.303. The predicted octanol–water partition coefficient (Wildman–Crippen LogP) is 4.54. The number of ether oxygens (including phenoxy) is 2. The van der Waals surface area contributed by atoms with Gasteiger partial charge < -0.3 is 14.8 Å². The Bertz CT molecular complexity index is 825. The molecule has 0 spiro atoms. The van der Waals surface area contributed by atoms with Crippen molar-refractivity contribution in [2.24, 2.45) is 5.41 Å². The Kier molecular flexibility index (Phi) is 5.12. The molecule has 1 N–H and O–H groups in total. The standard InChI is InChI=1S/C19H17Cl2NO4/c1-18(12-19(18,20)21)17(24)25-11-16(23)22-14-9-5-6-10-15(14)26-13-7-3-2-4-8-13/h2-10H,11-12H2,1H3,(H,22,23)/t18-/m1/s1. The molecule has 1 amide bonds. The maximum Gasteiger partial charge on any atom is 0.315 e. The Morgan fingerprint density at radius 1 is 1.08 bits per heavy atom. The van der Waals surface area contributed by atoms with Gasteiger partial charge >= 0.3 is 5.97 Å². The number of rotatable bonds is 6. The fourth-order valence-corrected chi connectivity index (χ4v) is 3.06. The van der Waals surface area contributed by atoms with Crippen molar-refractivity contribution in [2.45, 2.75) is 17.7 Å². The van der Waals surface area contributed by atoms with Crippen molar-refractivity contribution in [1.82, 2.24) is 0 Å². The van der Waals surface area contributed by atoms with Crippen LogP contribution in [0.1, 0.15) is 13.3 Å². The summed E-state index contributed by atoms with van der Waals surface area (Å²) in [4.78, 5) is 24.1. The second-order valence-electron chi connectivity index (χ2n) is 6.25. The Morgan fingerprint density at radius 2 is 1.69 bits per heavy atom. The summed E-state index contributed by atoms with van der Waals surface area (Å²) >= 11 is 11.9. The van der Waals surface area contributed by atoms with Crippen molar-refractivity contribution in [3.63, 3.8) is 0 Å². The van der Waals surface area contributed by atoms with Gasteiger partial charge in [-0.05, 0) is 31.2 Å². The second kappa shape index (κ2) is 7.17. The van der Waals surface area contributed by atoms with E-state index >= 15 is 0 Å². The first-order valence-electron chi connectivity index (χ1n) is 7.99. The Morgan fingerprint density at radius 3 is 2.35 bits per heavy atom. The quantitative estimate of drug-likeness (QED) is 0.577. The smallest absolute Gasteiger partial charge is 0.315 e. The third kappa shape index (κ3) is 3.94. The molecule has 1 atom stereocenters. The molecule has 5 nitrogen and oxygen atoms in total. The van der Waals surface area contributed by atoms with Crippen molar-refractivity contribution in [1.29, 1.82) is 0 Å². The molecular formula is C19H17Cl2NO4. The van der Waals surface area contributed by atoms with E-state index in [-0.39, 0.29) is 0 Å². The van der Waals surface area contributed by atoms with E-state index in [2.05, 4.69) is 5.32 Å². The SMILES string of the molecule is C[C@]1(C(=O)OCC(=O)Nc2ccccc2Oc2ccccc2)CC1(Cl)Cl. The molecule has 0 bridgehead atoms. The molecule has 2 aromatic carbocycles. The first-order valence-corrected chi connectivity index (χ1v) is 8.74. The number of halogens is 2. The molecule has 0 radical (unpaired) electrons. The molecule has 2 aromatic rings.